The minimum Gasteiger partial charge on any atom is -0.456 e. The van der Waals surface area contributed by atoms with Gasteiger partial charge in [0.2, 0.25) is 0 Å². The van der Waals surface area contributed by atoms with Crippen LogP contribution in [-0.2, 0) is 13.9 Å². The molecule has 210 valence electrons. The van der Waals surface area contributed by atoms with Crippen molar-refractivity contribution in [3.05, 3.63) is 68.0 Å². The Kier molecular flexibility index (Phi) is 10.2. The summed E-state index contributed by atoms with van der Waals surface area (Å²) in [5.74, 6) is 0.549. The van der Waals surface area contributed by atoms with Crippen LogP contribution < -0.4 is 11.2 Å². The minimum absolute atomic E-state index is 0.00656. The molecular weight excluding hydrogens is 541 g/mol. The normalized spacial score (nSPS) is 20.9. The third kappa shape index (κ3) is 7.23. The van der Waals surface area contributed by atoms with Gasteiger partial charge >= 0.3 is 11.7 Å². The lowest BCUT2D eigenvalue weighted by atomic mass is 10.0. The van der Waals surface area contributed by atoms with Crippen LogP contribution in [0.4, 0.5) is 0 Å². The standard InChI is InChI=1S/C27H40N2O6S2Si/c1-9-36-37-18(3)19-12-10-11-13-20(19)25(31)35-21-14-23(29-15-17(2)24(30)28-26(29)32)34-22(21)16-33-38(7,8)27(4,5)6/h10-13,15,18,21-23H,9,14,16H2,1-8H3,(H,28,30,32)/t18?,21?,22-,23-/m1/s1. The summed E-state index contributed by atoms with van der Waals surface area (Å²) >= 11 is 0. The zero-order chi connectivity index (χ0) is 28.3. The summed E-state index contributed by atoms with van der Waals surface area (Å²) in [6.45, 7) is 16.8. The maximum Gasteiger partial charge on any atom is 0.338 e. The van der Waals surface area contributed by atoms with Crippen LogP contribution in [0.25, 0.3) is 0 Å². The Morgan fingerprint density at radius 1 is 1.26 bits per heavy atom. The zero-order valence-electron chi connectivity index (χ0n) is 23.5. The maximum absolute atomic E-state index is 13.5. The first-order valence-corrected chi connectivity index (χ1v) is 18.2. The van der Waals surface area contributed by atoms with Crippen molar-refractivity contribution >= 4 is 35.9 Å². The van der Waals surface area contributed by atoms with E-state index in [9.17, 15) is 14.4 Å². The Morgan fingerprint density at radius 2 is 1.95 bits per heavy atom. The van der Waals surface area contributed by atoms with Gasteiger partial charge in [0.25, 0.3) is 5.56 Å². The van der Waals surface area contributed by atoms with Gasteiger partial charge in [-0.3, -0.25) is 14.3 Å². The number of rotatable bonds is 10. The number of benzene rings is 1. The molecule has 0 saturated carbocycles. The topological polar surface area (TPSA) is 99.6 Å². The molecule has 1 fully saturated rings. The molecule has 0 aliphatic carbocycles. The number of carbonyl (C=O) groups excluding carboxylic acids is 1. The monoisotopic (exact) mass is 580 g/mol. The van der Waals surface area contributed by atoms with E-state index in [4.69, 9.17) is 13.9 Å². The molecule has 3 rings (SSSR count). The van der Waals surface area contributed by atoms with E-state index in [2.05, 4.69) is 52.7 Å². The van der Waals surface area contributed by atoms with Crippen molar-refractivity contribution in [2.45, 2.75) is 89.8 Å². The Hall–Kier alpha value is -1.79. The molecule has 0 amide bonds. The summed E-state index contributed by atoms with van der Waals surface area (Å²) in [5, 5.41) is 0.101. The molecule has 1 aliphatic heterocycles. The number of aryl methyl sites for hydroxylation is 1. The minimum atomic E-state index is -2.11. The largest absolute Gasteiger partial charge is 0.456 e. The van der Waals surface area contributed by atoms with Crippen LogP contribution in [0.15, 0.2) is 40.1 Å². The van der Waals surface area contributed by atoms with Crippen LogP contribution >= 0.6 is 21.6 Å². The maximum atomic E-state index is 13.5. The van der Waals surface area contributed by atoms with Crippen molar-refractivity contribution in [2.24, 2.45) is 0 Å². The summed E-state index contributed by atoms with van der Waals surface area (Å²) in [5.41, 5.74) is 0.837. The van der Waals surface area contributed by atoms with Crippen LogP contribution in [-0.4, -0.2) is 48.4 Å². The predicted molar refractivity (Wildman–Crippen MR) is 158 cm³/mol. The quantitative estimate of drug-likeness (QED) is 0.213. The number of ether oxygens (including phenoxy) is 2. The molecule has 1 aromatic heterocycles. The number of aromatic amines is 1. The molecule has 1 N–H and O–H groups in total. The highest BCUT2D eigenvalue weighted by atomic mass is 33.1. The molecule has 2 aromatic rings. The molecule has 1 aromatic carbocycles. The fraction of sp³-hybridized carbons (Fsp3) is 0.593. The third-order valence-corrected chi connectivity index (χ3v) is 14.7. The molecule has 0 radical (unpaired) electrons. The van der Waals surface area contributed by atoms with Crippen LogP contribution in [0, 0.1) is 6.92 Å². The summed E-state index contributed by atoms with van der Waals surface area (Å²) < 4.78 is 20.1. The van der Waals surface area contributed by atoms with Crippen molar-refractivity contribution < 1.29 is 18.7 Å². The van der Waals surface area contributed by atoms with Gasteiger partial charge in [-0.1, -0.05) is 67.5 Å². The van der Waals surface area contributed by atoms with Crippen molar-refractivity contribution in [2.75, 3.05) is 12.4 Å². The zero-order valence-corrected chi connectivity index (χ0v) is 26.2. The van der Waals surface area contributed by atoms with Crippen LogP contribution in [0.5, 0.6) is 0 Å². The van der Waals surface area contributed by atoms with Gasteiger partial charge in [-0.15, -0.1) is 0 Å². The molecule has 38 heavy (non-hydrogen) atoms. The van der Waals surface area contributed by atoms with E-state index >= 15 is 0 Å². The molecule has 0 bridgehead atoms. The lowest BCUT2D eigenvalue weighted by molar-refractivity contribution is -0.0498. The lowest BCUT2D eigenvalue weighted by Crippen LogP contribution is -2.44. The van der Waals surface area contributed by atoms with Crippen LogP contribution in [0.2, 0.25) is 18.1 Å². The molecular formula is C27H40N2O6S2Si. The Labute approximate surface area is 233 Å². The number of hydrogen-bond acceptors (Lipinski definition) is 8. The number of nitrogens with one attached hydrogen (secondary N) is 1. The Bertz CT molecular complexity index is 1240. The van der Waals surface area contributed by atoms with E-state index < -0.39 is 44.0 Å². The molecule has 2 heterocycles. The highest BCUT2D eigenvalue weighted by Crippen LogP contribution is 2.40. The fourth-order valence-electron chi connectivity index (χ4n) is 3.91. The van der Waals surface area contributed by atoms with Gasteiger partial charge in [0, 0.05) is 29.2 Å². The van der Waals surface area contributed by atoms with Gasteiger partial charge in [-0.2, -0.15) is 0 Å². The van der Waals surface area contributed by atoms with Crippen LogP contribution in [0.1, 0.15) is 74.0 Å². The van der Waals surface area contributed by atoms with Gasteiger partial charge in [0.05, 0.1) is 12.2 Å². The lowest BCUT2D eigenvalue weighted by Gasteiger charge is -2.37. The Balaban J connectivity index is 1.87. The van der Waals surface area contributed by atoms with E-state index in [-0.39, 0.29) is 23.3 Å². The van der Waals surface area contributed by atoms with Crippen molar-refractivity contribution in [1.29, 1.82) is 0 Å². The average Bonchev–Trinajstić information content (AvgIpc) is 3.24. The fourth-order valence-corrected chi connectivity index (χ4v) is 6.91. The second-order valence-corrected chi connectivity index (χ2v) is 18.9. The molecule has 0 spiro atoms. The van der Waals surface area contributed by atoms with Gasteiger partial charge in [0.15, 0.2) is 8.32 Å². The molecule has 1 saturated heterocycles. The van der Waals surface area contributed by atoms with Crippen LogP contribution in [0.3, 0.4) is 0 Å². The second-order valence-electron chi connectivity index (χ2n) is 11.1. The van der Waals surface area contributed by atoms with Gasteiger partial charge in [0.1, 0.15) is 18.4 Å². The SMILES string of the molecule is CCSSC(C)c1ccccc1C(=O)OC1C[C@H](n2cc(C)c(=O)[nH]c2=O)O[C@@H]1CO[Si](C)(C)C(C)(C)C. The van der Waals surface area contributed by atoms with Gasteiger partial charge in [-0.05, 0) is 43.6 Å². The molecule has 8 nitrogen and oxygen atoms in total. The number of aromatic nitrogens is 2. The van der Waals surface area contributed by atoms with E-state index in [1.807, 2.05) is 18.2 Å². The average molecular weight is 581 g/mol. The first kappa shape index (κ1) is 30.7. The number of carbonyl (C=O) groups is 1. The summed E-state index contributed by atoms with van der Waals surface area (Å²) in [6.07, 6.45) is -0.138. The first-order valence-electron chi connectivity index (χ1n) is 12.9. The van der Waals surface area contributed by atoms with E-state index in [0.717, 1.165) is 11.3 Å². The summed E-state index contributed by atoms with van der Waals surface area (Å²) in [7, 11) is 1.36. The van der Waals surface area contributed by atoms with Crippen molar-refractivity contribution in [1.82, 2.24) is 9.55 Å². The third-order valence-electron chi connectivity index (χ3n) is 7.26. The Morgan fingerprint density at radius 3 is 2.61 bits per heavy atom. The summed E-state index contributed by atoms with van der Waals surface area (Å²) in [4.78, 5) is 40.3. The number of esters is 1. The van der Waals surface area contributed by atoms with E-state index in [1.165, 1.54) is 10.8 Å². The second kappa shape index (κ2) is 12.6. The molecule has 4 atom stereocenters. The number of nitrogens with zero attached hydrogens (tertiary/aromatic N) is 1. The van der Waals surface area contributed by atoms with Gasteiger partial charge < -0.3 is 13.9 Å². The number of H-pyrrole nitrogens is 1. The van der Waals surface area contributed by atoms with E-state index in [0.29, 0.717) is 11.1 Å². The number of hydrogen-bond donors (Lipinski definition) is 1. The van der Waals surface area contributed by atoms with Crippen molar-refractivity contribution in [3.63, 3.8) is 0 Å². The molecule has 2 unspecified atom stereocenters. The first-order chi connectivity index (χ1) is 17.7. The molecule has 1 aliphatic rings. The van der Waals surface area contributed by atoms with Crippen molar-refractivity contribution in [3.8, 4) is 0 Å². The summed E-state index contributed by atoms with van der Waals surface area (Å²) in [6, 6.07) is 7.50. The predicted octanol–water partition coefficient (Wildman–Crippen LogP) is 5.84. The van der Waals surface area contributed by atoms with E-state index in [1.54, 1.807) is 34.6 Å². The highest BCUT2D eigenvalue weighted by Gasteiger charge is 2.43. The molecule has 11 heteroatoms. The highest BCUT2D eigenvalue weighted by molar-refractivity contribution is 8.76. The van der Waals surface area contributed by atoms with Gasteiger partial charge in [-0.25, -0.2) is 9.59 Å². The smallest absolute Gasteiger partial charge is 0.338 e.